The second-order valence-corrected chi connectivity index (χ2v) is 6.30. The number of rotatable bonds is 3. The van der Waals surface area contributed by atoms with Gasteiger partial charge in [0.1, 0.15) is 0 Å². The van der Waals surface area contributed by atoms with Crippen molar-refractivity contribution in [3.05, 3.63) is 32.7 Å². The van der Waals surface area contributed by atoms with Crippen LogP contribution in [0, 0.1) is 0 Å². The predicted molar refractivity (Wildman–Crippen MR) is 77.7 cm³/mol. The normalized spacial score (nSPS) is 20.7. The zero-order valence-electron chi connectivity index (χ0n) is 10.1. The van der Waals surface area contributed by atoms with Crippen LogP contribution in [0.4, 0.5) is 0 Å². The van der Waals surface area contributed by atoms with Crippen LogP contribution >= 0.6 is 31.9 Å². The number of nitrogens with one attached hydrogen (secondary N) is 1. The van der Waals surface area contributed by atoms with Crippen molar-refractivity contribution in [3.63, 3.8) is 0 Å². The molecule has 0 aliphatic carbocycles. The lowest BCUT2D eigenvalue weighted by Crippen LogP contribution is -2.40. The Kier molecular flexibility index (Phi) is 4.81. The average Bonchev–Trinajstić information content (AvgIpc) is 2.80. The van der Waals surface area contributed by atoms with E-state index in [0.29, 0.717) is 5.56 Å². The van der Waals surface area contributed by atoms with Crippen LogP contribution in [0.5, 0.6) is 0 Å². The van der Waals surface area contributed by atoms with Gasteiger partial charge in [0.25, 0.3) is 5.91 Å². The van der Waals surface area contributed by atoms with Gasteiger partial charge in [0, 0.05) is 21.1 Å². The summed E-state index contributed by atoms with van der Waals surface area (Å²) in [5.41, 5.74) is 0.640. The molecule has 98 valence electrons. The molecule has 0 aromatic heterocycles. The van der Waals surface area contributed by atoms with E-state index in [-0.39, 0.29) is 18.1 Å². The predicted octanol–water partition coefficient (Wildman–Crippen LogP) is 3.51. The second kappa shape index (κ2) is 6.17. The third-order valence-electron chi connectivity index (χ3n) is 3.01. The molecule has 2 rings (SSSR count). The van der Waals surface area contributed by atoms with Crippen molar-refractivity contribution in [2.24, 2.45) is 0 Å². The molecule has 1 aliphatic rings. The van der Waals surface area contributed by atoms with Gasteiger partial charge in [-0.1, -0.05) is 31.9 Å². The van der Waals surface area contributed by atoms with E-state index in [2.05, 4.69) is 37.2 Å². The van der Waals surface area contributed by atoms with E-state index >= 15 is 0 Å². The topological polar surface area (TPSA) is 38.3 Å². The van der Waals surface area contributed by atoms with Crippen LogP contribution < -0.4 is 5.32 Å². The van der Waals surface area contributed by atoms with Gasteiger partial charge in [-0.2, -0.15) is 0 Å². The Bertz CT molecular complexity index is 424. The third-order valence-corrected chi connectivity index (χ3v) is 3.92. The summed E-state index contributed by atoms with van der Waals surface area (Å²) in [5.74, 6) is -0.0694. The van der Waals surface area contributed by atoms with E-state index in [4.69, 9.17) is 4.74 Å². The molecule has 1 aliphatic heterocycles. The SMILES string of the molecule is CC(NC(=O)c1cc(Br)cc(Br)c1)C1CCCO1. The highest BCUT2D eigenvalue weighted by atomic mass is 79.9. The summed E-state index contributed by atoms with van der Waals surface area (Å²) < 4.78 is 7.33. The summed E-state index contributed by atoms with van der Waals surface area (Å²) in [6.45, 7) is 2.79. The Morgan fingerprint density at radius 2 is 2.06 bits per heavy atom. The van der Waals surface area contributed by atoms with Gasteiger partial charge >= 0.3 is 0 Å². The summed E-state index contributed by atoms with van der Waals surface area (Å²) in [6.07, 6.45) is 2.24. The fourth-order valence-electron chi connectivity index (χ4n) is 2.06. The summed E-state index contributed by atoms with van der Waals surface area (Å²) in [7, 11) is 0. The molecule has 0 saturated carbocycles. The summed E-state index contributed by atoms with van der Waals surface area (Å²) in [5, 5.41) is 2.99. The molecule has 1 amide bonds. The standard InChI is InChI=1S/C13H15Br2NO2/c1-8(12-3-2-4-18-12)16-13(17)9-5-10(14)7-11(15)6-9/h5-8,12H,2-4H2,1H3,(H,16,17). The Hall–Kier alpha value is -0.390. The second-order valence-electron chi connectivity index (χ2n) is 4.47. The summed E-state index contributed by atoms with van der Waals surface area (Å²) >= 11 is 6.76. The molecule has 18 heavy (non-hydrogen) atoms. The molecule has 1 fully saturated rings. The number of halogens is 2. The largest absolute Gasteiger partial charge is 0.376 e. The summed E-state index contributed by atoms with van der Waals surface area (Å²) in [4.78, 5) is 12.1. The molecule has 3 nitrogen and oxygen atoms in total. The van der Waals surface area contributed by atoms with Crippen LogP contribution in [-0.2, 0) is 4.74 Å². The maximum atomic E-state index is 12.1. The zero-order valence-corrected chi connectivity index (χ0v) is 13.3. The molecule has 2 atom stereocenters. The number of carbonyl (C=O) groups excluding carboxylic acids is 1. The Labute approximate surface area is 124 Å². The van der Waals surface area contributed by atoms with Gasteiger partial charge in [-0.3, -0.25) is 4.79 Å². The monoisotopic (exact) mass is 375 g/mol. The Morgan fingerprint density at radius 1 is 1.39 bits per heavy atom. The highest BCUT2D eigenvalue weighted by molar-refractivity contribution is 9.11. The van der Waals surface area contributed by atoms with Crippen molar-refractivity contribution in [2.45, 2.75) is 31.9 Å². The number of hydrogen-bond donors (Lipinski definition) is 1. The van der Waals surface area contributed by atoms with Crippen LogP contribution in [0.2, 0.25) is 0 Å². The van der Waals surface area contributed by atoms with E-state index in [1.54, 1.807) is 0 Å². The highest BCUT2D eigenvalue weighted by Gasteiger charge is 2.24. The van der Waals surface area contributed by atoms with Gasteiger partial charge in [0.2, 0.25) is 0 Å². The van der Waals surface area contributed by atoms with Crippen LogP contribution in [0.25, 0.3) is 0 Å². The van der Waals surface area contributed by atoms with Crippen LogP contribution in [0.15, 0.2) is 27.1 Å². The number of hydrogen-bond acceptors (Lipinski definition) is 2. The molecule has 5 heteroatoms. The van der Waals surface area contributed by atoms with E-state index in [9.17, 15) is 4.79 Å². The van der Waals surface area contributed by atoms with E-state index in [0.717, 1.165) is 28.4 Å². The van der Waals surface area contributed by atoms with Crippen LogP contribution in [-0.4, -0.2) is 24.7 Å². The minimum atomic E-state index is -0.0694. The Morgan fingerprint density at radius 3 is 2.61 bits per heavy atom. The van der Waals surface area contributed by atoms with Crippen molar-refractivity contribution in [3.8, 4) is 0 Å². The van der Waals surface area contributed by atoms with Gasteiger partial charge in [-0.25, -0.2) is 0 Å². The average molecular weight is 377 g/mol. The number of amides is 1. The van der Waals surface area contributed by atoms with Gasteiger partial charge < -0.3 is 10.1 Å². The van der Waals surface area contributed by atoms with E-state index in [1.807, 2.05) is 25.1 Å². The molecule has 1 heterocycles. The lowest BCUT2D eigenvalue weighted by molar-refractivity contribution is 0.0712. The van der Waals surface area contributed by atoms with Gasteiger partial charge in [0.05, 0.1) is 12.1 Å². The fourth-order valence-corrected chi connectivity index (χ4v) is 3.36. The lowest BCUT2D eigenvalue weighted by atomic mass is 10.1. The first-order valence-electron chi connectivity index (χ1n) is 5.95. The molecular formula is C13H15Br2NO2. The molecule has 1 saturated heterocycles. The maximum Gasteiger partial charge on any atom is 0.251 e. The molecule has 1 aromatic rings. The number of benzene rings is 1. The smallest absolute Gasteiger partial charge is 0.251 e. The minimum Gasteiger partial charge on any atom is -0.376 e. The molecule has 1 aromatic carbocycles. The van der Waals surface area contributed by atoms with Crippen molar-refractivity contribution in [2.75, 3.05) is 6.61 Å². The Balaban J connectivity index is 2.02. The van der Waals surface area contributed by atoms with Crippen LogP contribution in [0.1, 0.15) is 30.1 Å². The molecule has 1 N–H and O–H groups in total. The summed E-state index contributed by atoms with van der Waals surface area (Å²) in [6, 6.07) is 5.56. The minimum absolute atomic E-state index is 0.0396. The van der Waals surface area contributed by atoms with E-state index in [1.165, 1.54) is 0 Å². The first-order chi connectivity index (χ1) is 8.56. The quantitative estimate of drug-likeness (QED) is 0.876. The third kappa shape index (κ3) is 3.56. The van der Waals surface area contributed by atoms with Crippen LogP contribution in [0.3, 0.4) is 0 Å². The molecule has 0 bridgehead atoms. The van der Waals surface area contributed by atoms with Gasteiger partial charge in [-0.05, 0) is 38.0 Å². The van der Waals surface area contributed by atoms with Gasteiger partial charge in [-0.15, -0.1) is 0 Å². The number of carbonyl (C=O) groups is 1. The van der Waals surface area contributed by atoms with Crippen molar-refractivity contribution in [1.29, 1.82) is 0 Å². The first kappa shape index (κ1) is 14.0. The molecule has 0 radical (unpaired) electrons. The first-order valence-corrected chi connectivity index (χ1v) is 7.53. The molecular weight excluding hydrogens is 362 g/mol. The highest BCUT2D eigenvalue weighted by Crippen LogP contribution is 2.21. The maximum absolute atomic E-state index is 12.1. The fraction of sp³-hybridized carbons (Fsp3) is 0.462. The van der Waals surface area contributed by atoms with Crippen molar-refractivity contribution >= 4 is 37.8 Å². The van der Waals surface area contributed by atoms with Crippen molar-refractivity contribution < 1.29 is 9.53 Å². The van der Waals surface area contributed by atoms with E-state index < -0.39 is 0 Å². The zero-order chi connectivity index (χ0) is 13.1. The number of ether oxygens (including phenoxy) is 1. The molecule has 0 spiro atoms. The lowest BCUT2D eigenvalue weighted by Gasteiger charge is -2.20. The molecule has 2 unspecified atom stereocenters. The van der Waals surface area contributed by atoms with Crippen molar-refractivity contribution in [1.82, 2.24) is 5.32 Å². The van der Waals surface area contributed by atoms with Gasteiger partial charge in [0.15, 0.2) is 0 Å².